The minimum atomic E-state index is -0.198. The van der Waals surface area contributed by atoms with E-state index in [1.807, 2.05) is 11.8 Å². The summed E-state index contributed by atoms with van der Waals surface area (Å²) in [5.41, 5.74) is 0. The molecular weight excluding hydrogens is 310 g/mol. The lowest BCUT2D eigenvalue weighted by Gasteiger charge is -2.36. The molecule has 2 amide bonds. The minimum Gasteiger partial charge on any atom is -0.450 e. The number of carbonyl (C=O) groups excluding carboxylic acids is 2. The molecule has 0 bridgehead atoms. The summed E-state index contributed by atoms with van der Waals surface area (Å²) in [6.07, 6.45) is 4.67. The molecule has 0 atom stereocenters. The number of hydrogen-bond donors (Lipinski definition) is 0. The van der Waals surface area contributed by atoms with E-state index in [2.05, 4.69) is 4.90 Å². The molecule has 1 aliphatic carbocycles. The van der Waals surface area contributed by atoms with Crippen LogP contribution in [0.4, 0.5) is 4.79 Å². The molecule has 0 unspecified atom stereocenters. The van der Waals surface area contributed by atoms with E-state index in [9.17, 15) is 9.59 Å². The molecule has 24 heavy (non-hydrogen) atoms. The third kappa shape index (κ3) is 4.83. The van der Waals surface area contributed by atoms with Crippen molar-refractivity contribution in [1.82, 2.24) is 14.9 Å². The predicted molar refractivity (Wildman–Crippen MR) is 90.3 cm³/mol. The Bertz CT molecular complexity index is 424. The highest BCUT2D eigenvalue weighted by molar-refractivity contribution is 5.77. The highest BCUT2D eigenvalue weighted by atomic mass is 16.7. The topological polar surface area (TPSA) is 62.3 Å². The van der Waals surface area contributed by atoms with Crippen molar-refractivity contribution >= 4 is 12.0 Å². The molecule has 2 aliphatic rings. The van der Waals surface area contributed by atoms with Gasteiger partial charge < -0.3 is 9.64 Å². The summed E-state index contributed by atoms with van der Waals surface area (Å²) in [6.45, 7) is 5.65. The molecule has 0 radical (unpaired) electrons. The smallest absolute Gasteiger partial charge is 0.409 e. The minimum absolute atomic E-state index is 0.0780. The van der Waals surface area contributed by atoms with Crippen LogP contribution in [-0.4, -0.2) is 79.8 Å². The monoisotopic (exact) mass is 341 g/mol. The average molecular weight is 341 g/mol. The van der Waals surface area contributed by atoms with Crippen LogP contribution in [0.3, 0.4) is 0 Å². The first-order valence-corrected chi connectivity index (χ1v) is 9.04. The third-order valence-corrected chi connectivity index (χ3v) is 5.20. The van der Waals surface area contributed by atoms with Gasteiger partial charge in [0.2, 0.25) is 5.91 Å². The van der Waals surface area contributed by atoms with Crippen LogP contribution in [0.15, 0.2) is 0 Å². The quantitative estimate of drug-likeness (QED) is 0.729. The highest BCUT2D eigenvalue weighted by Gasteiger charge is 2.32. The van der Waals surface area contributed by atoms with Gasteiger partial charge in [0.1, 0.15) is 0 Å². The van der Waals surface area contributed by atoms with E-state index in [1.54, 1.807) is 7.05 Å². The summed E-state index contributed by atoms with van der Waals surface area (Å²) in [5.74, 6) is 0.162. The molecule has 2 rings (SSSR count). The van der Waals surface area contributed by atoms with Crippen LogP contribution in [0.1, 0.15) is 39.0 Å². The van der Waals surface area contributed by atoms with Gasteiger partial charge in [0.05, 0.1) is 13.7 Å². The van der Waals surface area contributed by atoms with E-state index in [0.29, 0.717) is 12.6 Å². The maximum Gasteiger partial charge on any atom is 0.409 e. The molecule has 1 heterocycles. The second kappa shape index (κ2) is 9.22. The van der Waals surface area contributed by atoms with E-state index in [1.165, 1.54) is 12.2 Å². The van der Waals surface area contributed by atoms with Crippen LogP contribution >= 0.6 is 0 Å². The normalized spacial score (nSPS) is 25.9. The van der Waals surface area contributed by atoms with Crippen LogP contribution in [0.5, 0.6) is 0 Å². The zero-order valence-corrected chi connectivity index (χ0v) is 15.2. The van der Waals surface area contributed by atoms with Gasteiger partial charge in [-0.2, -0.15) is 0 Å². The molecule has 7 nitrogen and oxygen atoms in total. The number of hydrogen-bond acceptors (Lipinski definition) is 5. The average Bonchev–Trinajstić information content (AvgIpc) is 2.87. The zero-order valence-electron chi connectivity index (χ0n) is 15.2. The maximum atomic E-state index is 12.2. The molecule has 0 aromatic carbocycles. The number of ether oxygens (including phenoxy) is 1. The van der Waals surface area contributed by atoms with Gasteiger partial charge in [0.15, 0.2) is 0 Å². The number of nitrogens with zero attached hydrogens (tertiary/aromatic N) is 3. The largest absolute Gasteiger partial charge is 0.450 e. The Morgan fingerprint density at radius 3 is 2.42 bits per heavy atom. The van der Waals surface area contributed by atoms with Crippen LogP contribution in [0, 0.1) is 5.92 Å². The second-order valence-electron chi connectivity index (χ2n) is 6.60. The first-order valence-electron chi connectivity index (χ1n) is 9.04. The summed E-state index contributed by atoms with van der Waals surface area (Å²) in [7, 11) is 3.20. The van der Waals surface area contributed by atoms with E-state index < -0.39 is 0 Å². The fourth-order valence-electron chi connectivity index (χ4n) is 3.73. The lowest BCUT2D eigenvalue weighted by molar-refractivity contribution is -0.174. The van der Waals surface area contributed by atoms with E-state index in [4.69, 9.17) is 9.57 Å². The third-order valence-electron chi connectivity index (χ3n) is 5.20. The summed E-state index contributed by atoms with van der Waals surface area (Å²) in [4.78, 5) is 33.4. The Morgan fingerprint density at radius 2 is 1.79 bits per heavy atom. The van der Waals surface area contributed by atoms with Gasteiger partial charge in [0.25, 0.3) is 0 Å². The molecule has 1 saturated heterocycles. The van der Waals surface area contributed by atoms with Crippen LogP contribution < -0.4 is 0 Å². The molecule has 2 fully saturated rings. The fourth-order valence-corrected chi connectivity index (χ4v) is 3.73. The summed E-state index contributed by atoms with van der Waals surface area (Å²) >= 11 is 0. The lowest BCUT2D eigenvalue weighted by Crippen LogP contribution is -2.43. The predicted octanol–water partition coefficient (Wildman–Crippen LogP) is 1.73. The van der Waals surface area contributed by atoms with Crippen molar-refractivity contribution in [2.24, 2.45) is 5.92 Å². The molecular formula is C17H31N3O4. The fraction of sp³-hybridized carbons (Fsp3) is 0.882. The Morgan fingerprint density at radius 1 is 1.08 bits per heavy atom. The molecule has 1 aliphatic heterocycles. The van der Waals surface area contributed by atoms with Crippen molar-refractivity contribution in [3.8, 4) is 0 Å². The van der Waals surface area contributed by atoms with Crippen molar-refractivity contribution in [2.75, 3.05) is 46.9 Å². The van der Waals surface area contributed by atoms with Crippen LogP contribution in [-0.2, 0) is 14.4 Å². The van der Waals surface area contributed by atoms with Crippen molar-refractivity contribution in [3.05, 3.63) is 0 Å². The van der Waals surface area contributed by atoms with Gasteiger partial charge in [-0.05, 0) is 39.0 Å². The highest BCUT2D eigenvalue weighted by Crippen LogP contribution is 2.29. The first kappa shape index (κ1) is 19.0. The Kier molecular flexibility index (Phi) is 7.30. The molecule has 1 saturated carbocycles. The van der Waals surface area contributed by atoms with Crippen molar-refractivity contribution in [2.45, 2.75) is 45.1 Å². The summed E-state index contributed by atoms with van der Waals surface area (Å²) < 4.78 is 5.11. The van der Waals surface area contributed by atoms with Gasteiger partial charge in [-0.1, -0.05) is 0 Å². The van der Waals surface area contributed by atoms with Gasteiger partial charge >= 0.3 is 6.09 Å². The number of rotatable bonds is 4. The summed E-state index contributed by atoms with van der Waals surface area (Å²) in [6, 6.07) is 0.518. The van der Waals surface area contributed by atoms with Crippen molar-refractivity contribution in [3.63, 3.8) is 0 Å². The van der Waals surface area contributed by atoms with Gasteiger partial charge in [-0.3, -0.25) is 14.5 Å². The van der Waals surface area contributed by atoms with Gasteiger partial charge in [0, 0.05) is 45.2 Å². The Balaban J connectivity index is 1.80. The van der Waals surface area contributed by atoms with Crippen LogP contribution in [0.2, 0.25) is 0 Å². The summed E-state index contributed by atoms with van der Waals surface area (Å²) in [5, 5.41) is 1.34. The van der Waals surface area contributed by atoms with Crippen LogP contribution in [0.25, 0.3) is 0 Å². The van der Waals surface area contributed by atoms with E-state index >= 15 is 0 Å². The molecule has 0 spiro atoms. The number of amides is 2. The van der Waals surface area contributed by atoms with Crippen molar-refractivity contribution in [1.29, 1.82) is 0 Å². The zero-order chi connectivity index (χ0) is 17.5. The molecule has 0 aromatic heterocycles. The molecule has 138 valence electrons. The van der Waals surface area contributed by atoms with E-state index in [-0.39, 0.29) is 17.9 Å². The Hall–Kier alpha value is -1.34. The van der Waals surface area contributed by atoms with E-state index in [0.717, 1.165) is 58.3 Å². The van der Waals surface area contributed by atoms with Crippen molar-refractivity contribution < 1.29 is 19.2 Å². The standard InChI is InChI=1S/C17H31N3O4/c1-4-24-17(22)20-11-5-10-19(12-13-20)15-8-6-14(7-9-15)16(21)18(2)23-3/h14-15H,4-13H2,1-3H3. The molecule has 0 N–H and O–H groups in total. The number of hydroxylamine groups is 2. The maximum absolute atomic E-state index is 12.2. The SMILES string of the molecule is CCOC(=O)N1CCCN(C2CCC(C(=O)N(C)OC)CC2)CC1. The molecule has 7 heteroatoms. The Labute approximate surface area is 144 Å². The number of carbonyl (C=O) groups is 2. The lowest BCUT2D eigenvalue weighted by atomic mass is 9.84. The first-order chi connectivity index (χ1) is 11.6. The second-order valence-corrected chi connectivity index (χ2v) is 6.60. The van der Waals surface area contributed by atoms with Gasteiger partial charge in [-0.25, -0.2) is 9.86 Å². The van der Waals surface area contributed by atoms with Gasteiger partial charge in [-0.15, -0.1) is 0 Å². The molecule has 0 aromatic rings.